The molecule has 1 aliphatic heterocycles. The molecule has 0 spiro atoms. The lowest BCUT2D eigenvalue weighted by Crippen LogP contribution is -2.33. The number of benzene rings is 2. The van der Waals surface area contributed by atoms with Gasteiger partial charge in [0.05, 0.1) is 24.0 Å². The number of nitrogens with zero attached hydrogens (tertiary/aromatic N) is 4. The lowest BCUT2D eigenvalue weighted by atomic mass is 10.1. The molecular formula is C25H26N4O. The maximum atomic E-state index is 5.49. The van der Waals surface area contributed by atoms with E-state index in [2.05, 4.69) is 66.4 Å². The van der Waals surface area contributed by atoms with Gasteiger partial charge in [0.15, 0.2) is 5.65 Å². The molecule has 0 saturated carbocycles. The van der Waals surface area contributed by atoms with Gasteiger partial charge in [-0.1, -0.05) is 60.7 Å². The molecular weight excluding hydrogens is 372 g/mol. The Morgan fingerprint density at radius 2 is 1.70 bits per heavy atom. The third-order valence-electron chi connectivity index (χ3n) is 5.91. The first-order valence-corrected chi connectivity index (χ1v) is 10.5. The van der Waals surface area contributed by atoms with Crippen LogP contribution in [0.25, 0.3) is 28.0 Å². The Labute approximate surface area is 176 Å². The standard InChI is InChI=1S/C25H26N4O/c1-18-24(20-12-7-4-8-13-20)25-26-23(28-15-9-14-21(28)17-30-2)16-22(29(25)27-18)19-10-5-3-6-11-19/h3-8,10-13,16,21H,9,14-15,17H2,1-2H3/t21-/m0/s1. The smallest absolute Gasteiger partial charge is 0.166 e. The van der Waals surface area contributed by atoms with E-state index < -0.39 is 0 Å². The summed E-state index contributed by atoms with van der Waals surface area (Å²) in [7, 11) is 1.77. The fourth-order valence-corrected chi connectivity index (χ4v) is 4.52. The Balaban J connectivity index is 1.76. The zero-order valence-corrected chi connectivity index (χ0v) is 17.5. The number of anilines is 1. The summed E-state index contributed by atoms with van der Waals surface area (Å²) in [6.45, 7) is 3.78. The normalized spacial score (nSPS) is 16.5. The fourth-order valence-electron chi connectivity index (χ4n) is 4.52. The zero-order chi connectivity index (χ0) is 20.5. The Morgan fingerprint density at radius 1 is 1.00 bits per heavy atom. The van der Waals surface area contributed by atoms with Gasteiger partial charge in [-0.2, -0.15) is 5.10 Å². The zero-order valence-electron chi connectivity index (χ0n) is 17.5. The van der Waals surface area contributed by atoms with Crippen LogP contribution in [0, 0.1) is 6.92 Å². The highest BCUT2D eigenvalue weighted by molar-refractivity contribution is 5.83. The second kappa shape index (κ2) is 7.92. The lowest BCUT2D eigenvalue weighted by molar-refractivity contribution is 0.180. The molecule has 0 bridgehead atoms. The molecule has 3 heterocycles. The minimum Gasteiger partial charge on any atom is -0.383 e. The first kappa shape index (κ1) is 18.8. The van der Waals surface area contributed by atoms with Crippen molar-refractivity contribution in [3.05, 3.63) is 72.4 Å². The van der Waals surface area contributed by atoms with Crippen LogP contribution in [0.15, 0.2) is 66.7 Å². The van der Waals surface area contributed by atoms with Crippen molar-refractivity contribution in [2.75, 3.05) is 25.2 Å². The van der Waals surface area contributed by atoms with E-state index in [1.54, 1.807) is 7.11 Å². The van der Waals surface area contributed by atoms with Gasteiger partial charge in [0.25, 0.3) is 0 Å². The number of fused-ring (bicyclic) bond motifs is 1. The van der Waals surface area contributed by atoms with Crippen molar-refractivity contribution in [3.63, 3.8) is 0 Å². The van der Waals surface area contributed by atoms with Gasteiger partial charge in [-0.05, 0) is 25.3 Å². The monoisotopic (exact) mass is 398 g/mol. The SMILES string of the molecule is COC[C@@H]1CCCN1c1cc(-c2ccccc2)n2nc(C)c(-c3ccccc3)c2n1. The Bertz CT molecular complexity index is 1150. The summed E-state index contributed by atoms with van der Waals surface area (Å²) < 4.78 is 7.49. The summed E-state index contributed by atoms with van der Waals surface area (Å²) in [6, 6.07) is 23.4. The van der Waals surface area contributed by atoms with Gasteiger partial charge in [0.1, 0.15) is 5.82 Å². The second-order valence-corrected chi connectivity index (χ2v) is 7.87. The van der Waals surface area contributed by atoms with Crippen LogP contribution in [0.5, 0.6) is 0 Å². The minimum absolute atomic E-state index is 0.359. The Morgan fingerprint density at radius 3 is 2.40 bits per heavy atom. The molecule has 0 unspecified atom stereocenters. The Kier molecular flexibility index (Phi) is 4.97. The van der Waals surface area contributed by atoms with Crippen molar-refractivity contribution >= 4 is 11.5 Å². The summed E-state index contributed by atoms with van der Waals surface area (Å²) in [5, 5.41) is 4.90. The second-order valence-electron chi connectivity index (χ2n) is 7.87. The average Bonchev–Trinajstić information content (AvgIpc) is 3.38. The molecule has 0 aliphatic carbocycles. The highest BCUT2D eigenvalue weighted by atomic mass is 16.5. The molecule has 4 aromatic rings. The van der Waals surface area contributed by atoms with Crippen molar-refractivity contribution < 1.29 is 4.74 Å². The molecule has 5 heteroatoms. The van der Waals surface area contributed by atoms with Gasteiger partial charge in [-0.25, -0.2) is 9.50 Å². The fraction of sp³-hybridized carbons (Fsp3) is 0.280. The van der Waals surface area contributed by atoms with Crippen LogP contribution in [0.2, 0.25) is 0 Å². The topological polar surface area (TPSA) is 42.7 Å². The van der Waals surface area contributed by atoms with E-state index in [1.165, 1.54) is 0 Å². The third kappa shape index (κ3) is 3.25. The van der Waals surface area contributed by atoms with Crippen LogP contribution in [-0.4, -0.2) is 40.9 Å². The van der Waals surface area contributed by atoms with Crippen LogP contribution < -0.4 is 4.90 Å². The molecule has 1 aliphatic rings. The highest BCUT2D eigenvalue weighted by Crippen LogP contribution is 2.34. The molecule has 30 heavy (non-hydrogen) atoms. The summed E-state index contributed by atoms with van der Waals surface area (Å²) in [5.41, 5.74) is 6.32. The van der Waals surface area contributed by atoms with Crippen LogP contribution in [0.3, 0.4) is 0 Å². The average molecular weight is 399 g/mol. The quantitative estimate of drug-likeness (QED) is 0.475. The van der Waals surface area contributed by atoms with E-state index >= 15 is 0 Å². The van der Waals surface area contributed by atoms with E-state index in [1.807, 2.05) is 16.6 Å². The summed E-state index contributed by atoms with van der Waals surface area (Å²) in [6.07, 6.45) is 2.29. The number of aryl methyl sites for hydroxylation is 1. The molecule has 0 N–H and O–H groups in total. The first-order valence-electron chi connectivity index (χ1n) is 10.5. The van der Waals surface area contributed by atoms with Crippen LogP contribution in [-0.2, 0) is 4.74 Å². The number of hydrogen-bond acceptors (Lipinski definition) is 4. The number of rotatable bonds is 5. The van der Waals surface area contributed by atoms with Crippen molar-refractivity contribution in [2.45, 2.75) is 25.8 Å². The molecule has 1 atom stereocenters. The van der Waals surface area contributed by atoms with Gasteiger partial charge in [-0.3, -0.25) is 0 Å². The highest BCUT2D eigenvalue weighted by Gasteiger charge is 2.27. The minimum atomic E-state index is 0.359. The first-order chi connectivity index (χ1) is 14.8. The number of hydrogen-bond donors (Lipinski definition) is 0. The van der Waals surface area contributed by atoms with Gasteiger partial charge in [-0.15, -0.1) is 0 Å². The van der Waals surface area contributed by atoms with Crippen LogP contribution in [0.4, 0.5) is 5.82 Å². The molecule has 152 valence electrons. The molecule has 1 fully saturated rings. The van der Waals surface area contributed by atoms with Crippen LogP contribution in [0.1, 0.15) is 18.5 Å². The number of aromatic nitrogens is 3. The van der Waals surface area contributed by atoms with Gasteiger partial charge in [0, 0.05) is 30.8 Å². The van der Waals surface area contributed by atoms with Crippen LogP contribution >= 0.6 is 0 Å². The predicted octanol–water partition coefficient (Wildman–Crippen LogP) is 4.99. The largest absolute Gasteiger partial charge is 0.383 e. The maximum absolute atomic E-state index is 5.49. The number of methoxy groups -OCH3 is 1. The van der Waals surface area contributed by atoms with Crippen molar-refractivity contribution in [2.24, 2.45) is 0 Å². The summed E-state index contributed by atoms with van der Waals surface area (Å²) in [5.74, 6) is 0.998. The predicted molar refractivity (Wildman–Crippen MR) is 121 cm³/mol. The van der Waals surface area contributed by atoms with Crippen molar-refractivity contribution in [1.29, 1.82) is 0 Å². The molecule has 5 nitrogen and oxygen atoms in total. The maximum Gasteiger partial charge on any atom is 0.166 e. The lowest BCUT2D eigenvalue weighted by Gasteiger charge is -2.26. The molecule has 1 saturated heterocycles. The molecule has 2 aromatic heterocycles. The number of ether oxygens (including phenoxy) is 1. The van der Waals surface area contributed by atoms with Gasteiger partial charge >= 0.3 is 0 Å². The molecule has 5 rings (SSSR count). The van der Waals surface area contributed by atoms with E-state index in [0.29, 0.717) is 6.04 Å². The molecule has 0 radical (unpaired) electrons. The van der Waals surface area contributed by atoms with Crippen molar-refractivity contribution in [3.8, 4) is 22.4 Å². The van der Waals surface area contributed by atoms with E-state index in [9.17, 15) is 0 Å². The van der Waals surface area contributed by atoms with Gasteiger partial charge in [0.2, 0.25) is 0 Å². The van der Waals surface area contributed by atoms with Crippen molar-refractivity contribution in [1.82, 2.24) is 14.6 Å². The molecule has 2 aromatic carbocycles. The summed E-state index contributed by atoms with van der Waals surface area (Å²) >= 11 is 0. The third-order valence-corrected chi connectivity index (χ3v) is 5.91. The summed E-state index contributed by atoms with van der Waals surface area (Å²) in [4.78, 5) is 7.54. The van der Waals surface area contributed by atoms with E-state index in [-0.39, 0.29) is 0 Å². The van der Waals surface area contributed by atoms with E-state index in [0.717, 1.165) is 65.5 Å². The van der Waals surface area contributed by atoms with Gasteiger partial charge < -0.3 is 9.64 Å². The molecule has 0 amide bonds. The Hall–Kier alpha value is -3.18. The van der Waals surface area contributed by atoms with E-state index in [4.69, 9.17) is 14.8 Å².